The van der Waals surface area contributed by atoms with Crippen LogP contribution in [0.3, 0.4) is 0 Å². The van der Waals surface area contributed by atoms with Gasteiger partial charge in [-0.05, 0) is 48.5 Å². The van der Waals surface area contributed by atoms with Crippen molar-refractivity contribution < 1.29 is 13.2 Å². The number of hydrogen-bond donors (Lipinski definition) is 1. The zero-order chi connectivity index (χ0) is 23.7. The molecule has 0 aliphatic carbocycles. The number of amides is 1. The van der Waals surface area contributed by atoms with Gasteiger partial charge in [-0.3, -0.25) is 14.4 Å². The lowest BCUT2D eigenvalue weighted by Crippen LogP contribution is -2.26. The number of carbonyl (C=O) groups excluding carboxylic acids is 1. The second-order valence-corrected chi connectivity index (χ2v) is 11.2. The van der Waals surface area contributed by atoms with E-state index >= 15 is 0 Å². The number of aromatic nitrogens is 2. The normalized spacial score (nSPS) is 11.4. The molecule has 5 aromatic rings. The lowest BCUT2D eigenvalue weighted by molar-refractivity contribution is 0.102. The molecule has 2 heterocycles. The van der Waals surface area contributed by atoms with E-state index in [9.17, 15) is 13.2 Å². The molecule has 0 radical (unpaired) electrons. The number of benzene rings is 3. The number of nitrogens with zero attached hydrogens (tertiary/aromatic N) is 3. The minimum absolute atomic E-state index is 0.0998. The molecule has 170 valence electrons. The molecule has 0 aliphatic heterocycles. The summed E-state index contributed by atoms with van der Waals surface area (Å²) in [7, 11) is -2.25. The Morgan fingerprint density at radius 3 is 2.35 bits per heavy atom. The predicted octanol–water partition coefficient (Wildman–Crippen LogP) is 5.50. The Bertz CT molecular complexity index is 1540. The Morgan fingerprint density at radius 1 is 0.912 bits per heavy atom. The summed E-state index contributed by atoms with van der Waals surface area (Å²) in [5, 5.41) is 5.86. The summed E-state index contributed by atoms with van der Waals surface area (Å²) in [5.41, 5.74) is 2.50. The molecule has 34 heavy (non-hydrogen) atoms. The number of para-hydroxylation sites is 2. The van der Waals surface area contributed by atoms with Crippen LogP contribution < -0.4 is 9.62 Å². The van der Waals surface area contributed by atoms with Gasteiger partial charge in [0.1, 0.15) is 10.7 Å². The highest BCUT2D eigenvalue weighted by atomic mass is 32.2. The molecular weight excluding hydrogens is 488 g/mol. The van der Waals surface area contributed by atoms with Crippen LogP contribution in [-0.4, -0.2) is 31.3 Å². The number of fused-ring (bicyclic) bond motifs is 1. The Hall–Kier alpha value is -3.60. The SMILES string of the molecule is CN(c1ccccc1)S(=O)(=O)c1ccc(C(=O)Nc2nc(-c3nc4ccccc4s3)cs2)cc1. The number of hydrogen-bond acceptors (Lipinski definition) is 7. The van der Waals surface area contributed by atoms with Gasteiger partial charge in [-0.25, -0.2) is 18.4 Å². The van der Waals surface area contributed by atoms with Crippen LogP contribution in [0.4, 0.5) is 10.8 Å². The zero-order valence-corrected chi connectivity index (χ0v) is 20.3. The highest BCUT2D eigenvalue weighted by molar-refractivity contribution is 7.92. The van der Waals surface area contributed by atoms with E-state index in [4.69, 9.17) is 0 Å². The molecule has 1 N–H and O–H groups in total. The molecule has 1 amide bonds. The fraction of sp³-hybridized carbons (Fsp3) is 0.0417. The summed E-state index contributed by atoms with van der Waals surface area (Å²) in [6, 6.07) is 22.5. The summed E-state index contributed by atoms with van der Waals surface area (Å²) in [6.45, 7) is 0. The number of nitrogens with one attached hydrogen (secondary N) is 1. The maximum Gasteiger partial charge on any atom is 0.264 e. The topological polar surface area (TPSA) is 92.3 Å². The van der Waals surface area contributed by atoms with Crippen molar-refractivity contribution in [1.29, 1.82) is 0 Å². The van der Waals surface area contributed by atoms with Gasteiger partial charge in [0.15, 0.2) is 5.13 Å². The van der Waals surface area contributed by atoms with Gasteiger partial charge in [-0.1, -0.05) is 30.3 Å². The van der Waals surface area contributed by atoms with E-state index in [0.717, 1.165) is 15.2 Å². The van der Waals surface area contributed by atoms with Crippen LogP contribution >= 0.6 is 22.7 Å². The maximum absolute atomic E-state index is 12.9. The standard InChI is InChI=1S/C24H18N4O3S3/c1-28(17-7-3-2-4-8-17)34(30,31)18-13-11-16(12-14-18)22(29)27-24-26-20(15-32-24)23-25-19-9-5-6-10-21(19)33-23/h2-15H,1H3,(H,26,27,29). The monoisotopic (exact) mass is 506 g/mol. The molecule has 3 aromatic carbocycles. The van der Waals surface area contributed by atoms with Gasteiger partial charge in [0.2, 0.25) is 0 Å². The van der Waals surface area contributed by atoms with E-state index < -0.39 is 10.0 Å². The van der Waals surface area contributed by atoms with Crippen molar-refractivity contribution in [2.75, 3.05) is 16.7 Å². The zero-order valence-electron chi connectivity index (χ0n) is 17.9. The summed E-state index contributed by atoms with van der Waals surface area (Å²) in [5.74, 6) is -0.370. The third-order valence-electron chi connectivity index (χ3n) is 5.13. The molecule has 5 rings (SSSR count). The van der Waals surface area contributed by atoms with Crippen molar-refractivity contribution in [2.24, 2.45) is 0 Å². The van der Waals surface area contributed by atoms with E-state index in [2.05, 4.69) is 15.3 Å². The number of sulfonamides is 1. The number of thiazole rings is 2. The van der Waals surface area contributed by atoms with E-state index in [0.29, 0.717) is 22.1 Å². The molecule has 0 spiro atoms. The molecule has 0 atom stereocenters. The highest BCUT2D eigenvalue weighted by Crippen LogP contribution is 2.32. The van der Waals surface area contributed by atoms with Gasteiger partial charge in [0.25, 0.3) is 15.9 Å². The van der Waals surface area contributed by atoms with E-state index in [1.165, 1.54) is 47.0 Å². The minimum Gasteiger partial charge on any atom is -0.298 e. The van der Waals surface area contributed by atoms with Crippen molar-refractivity contribution >= 4 is 59.6 Å². The number of rotatable bonds is 6. The average Bonchev–Trinajstić information content (AvgIpc) is 3.51. The highest BCUT2D eigenvalue weighted by Gasteiger charge is 2.21. The van der Waals surface area contributed by atoms with Crippen LogP contribution in [0.25, 0.3) is 20.9 Å². The van der Waals surface area contributed by atoms with Crippen molar-refractivity contribution in [3.05, 3.63) is 89.8 Å². The fourth-order valence-electron chi connectivity index (χ4n) is 3.29. The summed E-state index contributed by atoms with van der Waals surface area (Å²) in [4.78, 5) is 21.9. The van der Waals surface area contributed by atoms with Crippen LogP contribution in [0.15, 0.2) is 89.1 Å². The van der Waals surface area contributed by atoms with Gasteiger partial charge < -0.3 is 0 Å². The van der Waals surface area contributed by atoms with Gasteiger partial charge in [-0.2, -0.15) is 0 Å². The molecule has 0 saturated carbocycles. The van der Waals surface area contributed by atoms with Crippen molar-refractivity contribution in [3.63, 3.8) is 0 Å². The third-order valence-corrected chi connectivity index (χ3v) is 8.75. The molecule has 0 saturated heterocycles. The van der Waals surface area contributed by atoms with Gasteiger partial charge in [-0.15, -0.1) is 22.7 Å². The smallest absolute Gasteiger partial charge is 0.264 e. The van der Waals surface area contributed by atoms with Gasteiger partial charge in [0.05, 0.1) is 20.8 Å². The maximum atomic E-state index is 12.9. The Labute approximate surface area is 204 Å². The van der Waals surface area contributed by atoms with Crippen LogP contribution in [0.5, 0.6) is 0 Å². The van der Waals surface area contributed by atoms with Crippen molar-refractivity contribution in [1.82, 2.24) is 9.97 Å². The Kier molecular flexibility index (Phi) is 5.86. The van der Waals surface area contributed by atoms with E-state index in [1.54, 1.807) is 35.6 Å². The van der Waals surface area contributed by atoms with Crippen LogP contribution in [0.2, 0.25) is 0 Å². The first-order valence-electron chi connectivity index (χ1n) is 10.2. The molecule has 0 fully saturated rings. The van der Waals surface area contributed by atoms with E-state index in [-0.39, 0.29) is 10.8 Å². The molecule has 7 nitrogen and oxygen atoms in total. The lowest BCUT2D eigenvalue weighted by atomic mass is 10.2. The van der Waals surface area contributed by atoms with Crippen LogP contribution in [0.1, 0.15) is 10.4 Å². The first-order valence-corrected chi connectivity index (χ1v) is 13.3. The quantitative estimate of drug-likeness (QED) is 0.328. The minimum atomic E-state index is -3.75. The van der Waals surface area contributed by atoms with Gasteiger partial charge in [0, 0.05) is 18.0 Å². The largest absolute Gasteiger partial charge is 0.298 e. The Morgan fingerprint density at radius 2 is 1.62 bits per heavy atom. The molecule has 0 bridgehead atoms. The Balaban J connectivity index is 1.30. The van der Waals surface area contributed by atoms with Crippen molar-refractivity contribution in [2.45, 2.75) is 4.90 Å². The molecule has 2 aromatic heterocycles. The fourth-order valence-corrected chi connectivity index (χ4v) is 6.18. The summed E-state index contributed by atoms with van der Waals surface area (Å²) < 4.78 is 28.1. The second-order valence-electron chi connectivity index (χ2n) is 7.31. The third kappa shape index (κ3) is 4.30. The predicted molar refractivity (Wildman–Crippen MR) is 137 cm³/mol. The van der Waals surface area contributed by atoms with Crippen LogP contribution in [-0.2, 0) is 10.0 Å². The van der Waals surface area contributed by atoms with Crippen molar-refractivity contribution in [3.8, 4) is 10.7 Å². The first kappa shape index (κ1) is 22.2. The summed E-state index contributed by atoms with van der Waals surface area (Å²) in [6.07, 6.45) is 0. The average molecular weight is 507 g/mol. The number of carbonyl (C=O) groups is 1. The van der Waals surface area contributed by atoms with Gasteiger partial charge >= 0.3 is 0 Å². The van der Waals surface area contributed by atoms with Crippen LogP contribution in [0, 0.1) is 0 Å². The number of anilines is 2. The molecule has 0 aliphatic rings. The molecular formula is C24H18N4O3S3. The lowest BCUT2D eigenvalue weighted by Gasteiger charge is -2.19. The second kappa shape index (κ2) is 8.98. The molecule has 10 heteroatoms. The van der Waals surface area contributed by atoms with E-state index in [1.807, 2.05) is 35.7 Å². The summed E-state index contributed by atoms with van der Waals surface area (Å²) >= 11 is 2.85. The first-order chi connectivity index (χ1) is 16.4. The molecule has 0 unspecified atom stereocenters.